The van der Waals surface area contributed by atoms with E-state index in [-0.39, 0.29) is 23.2 Å². The lowest BCUT2D eigenvalue weighted by Gasteiger charge is -2.21. The standard InChI is InChI=1S/C13H20N4O3/c1-6(2)9(11(14)18)16-8-5-15-12(7(3)4)17-10(8)13(19)20/h5-7,9,16H,1-4H3,(H2,14,18)(H,19,20). The number of nitrogens with two attached hydrogens (primary N) is 1. The Bertz CT molecular complexity index is 514. The Morgan fingerprint density at radius 1 is 1.30 bits per heavy atom. The van der Waals surface area contributed by atoms with E-state index in [0.29, 0.717) is 5.82 Å². The van der Waals surface area contributed by atoms with Crippen LogP contribution in [-0.4, -0.2) is 33.0 Å². The molecule has 20 heavy (non-hydrogen) atoms. The molecule has 0 saturated heterocycles. The molecule has 110 valence electrons. The van der Waals surface area contributed by atoms with Crippen LogP contribution in [0.2, 0.25) is 0 Å². The Morgan fingerprint density at radius 3 is 2.30 bits per heavy atom. The number of amides is 1. The van der Waals surface area contributed by atoms with E-state index in [1.807, 2.05) is 27.7 Å². The smallest absolute Gasteiger partial charge is 0.356 e. The van der Waals surface area contributed by atoms with Crippen LogP contribution in [0.25, 0.3) is 0 Å². The minimum Gasteiger partial charge on any atom is -0.476 e. The van der Waals surface area contributed by atoms with Crippen molar-refractivity contribution in [1.82, 2.24) is 9.97 Å². The number of aromatic carboxylic acids is 1. The third-order valence-corrected chi connectivity index (χ3v) is 2.81. The summed E-state index contributed by atoms with van der Waals surface area (Å²) in [5.74, 6) is -1.36. The highest BCUT2D eigenvalue weighted by Gasteiger charge is 2.23. The third-order valence-electron chi connectivity index (χ3n) is 2.81. The van der Waals surface area contributed by atoms with Gasteiger partial charge in [0.25, 0.3) is 0 Å². The number of carbonyl (C=O) groups excluding carboxylic acids is 1. The number of nitrogens with one attached hydrogen (secondary N) is 1. The van der Waals surface area contributed by atoms with Gasteiger partial charge in [0.2, 0.25) is 5.91 Å². The van der Waals surface area contributed by atoms with Crippen LogP contribution in [0.1, 0.15) is 49.9 Å². The predicted octanol–water partition coefficient (Wildman–Crippen LogP) is 1.22. The third kappa shape index (κ3) is 3.66. The first-order valence-corrected chi connectivity index (χ1v) is 6.40. The highest BCUT2D eigenvalue weighted by atomic mass is 16.4. The van der Waals surface area contributed by atoms with Crippen LogP contribution in [0, 0.1) is 5.92 Å². The number of hydrogen-bond donors (Lipinski definition) is 3. The summed E-state index contributed by atoms with van der Waals surface area (Å²) in [5.41, 5.74) is 5.34. The molecular weight excluding hydrogens is 260 g/mol. The maximum absolute atomic E-state index is 11.4. The summed E-state index contributed by atoms with van der Waals surface area (Å²) in [4.78, 5) is 30.8. The second-order valence-corrected chi connectivity index (χ2v) is 5.22. The molecule has 0 bridgehead atoms. The van der Waals surface area contributed by atoms with Crippen LogP contribution in [-0.2, 0) is 4.79 Å². The van der Waals surface area contributed by atoms with Gasteiger partial charge in [-0.2, -0.15) is 0 Å². The van der Waals surface area contributed by atoms with Crippen molar-refractivity contribution in [3.05, 3.63) is 17.7 Å². The first-order chi connectivity index (χ1) is 9.23. The Labute approximate surface area is 117 Å². The quantitative estimate of drug-likeness (QED) is 0.721. The summed E-state index contributed by atoms with van der Waals surface area (Å²) in [6.07, 6.45) is 1.38. The molecule has 0 radical (unpaired) electrons. The van der Waals surface area contributed by atoms with Crippen LogP contribution in [0.4, 0.5) is 5.69 Å². The summed E-state index contributed by atoms with van der Waals surface area (Å²) < 4.78 is 0. The van der Waals surface area contributed by atoms with E-state index in [0.717, 1.165) is 0 Å². The number of aromatic nitrogens is 2. The van der Waals surface area contributed by atoms with Crippen LogP contribution < -0.4 is 11.1 Å². The van der Waals surface area contributed by atoms with Gasteiger partial charge in [0, 0.05) is 5.92 Å². The fraction of sp³-hybridized carbons (Fsp3) is 0.538. The molecule has 7 nitrogen and oxygen atoms in total. The zero-order chi connectivity index (χ0) is 15.4. The molecule has 0 spiro atoms. The van der Waals surface area contributed by atoms with Gasteiger partial charge in [0.15, 0.2) is 5.69 Å². The van der Waals surface area contributed by atoms with Gasteiger partial charge in [-0.25, -0.2) is 14.8 Å². The minimum absolute atomic E-state index is 0.0131. The summed E-state index contributed by atoms with van der Waals surface area (Å²) >= 11 is 0. The van der Waals surface area contributed by atoms with Crippen LogP contribution in [0.5, 0.6) is 0 Å². The highest BCUT2D eigenvalue weighted by Crippen LogP contribution is 2.19. The topological polar surface area (TPSA) is 118 Å². The average molecular weight is 280 g/mol. The van der Waals surface area contributed by atoms with Gasteiger partial charge in [-0.05, 0) is 5.92 Å². The molecule has 1 rings (SSSR count). The van der Waals surface area contributed by atoms with Gasteiger partial charge in [0.05, 0.1) is 11.9 Å². The fourth-order valence-electron chi connectivity index (χ4n) is 1.68. The molecule has 0 aliphatic rings. The summed E-state index contributed by atoms with van der Waals surface area (Å²) in [5, 5.41) is 12.0. The van der Waals surface area contributed by atoms with E-state index in [1.165, 1.54) is 6.20 Å². The van der Waals surface area contributed by atoms with Gasteiger partial charge in [-0.15, -0.1) is 0 Å². The van der Waals surface area contributed by atoms with Gasteiger partial charge >= 0.3 is 5.97 Å². The van der Waals surface area contributed by atoms with E-state index in [9.17, 15) is 14.7 Å². The first-order valence-electron chi connectivity index (χ1n) is 6.40. The van der Waals surface area contributed by atoms with E-state index >= 15 is 0 Å². The van der Waals surface area contributed by atoms with E-state index in [4.69, 9.17) is 5.73 Å². The van der Waals surface area contributed by atoms with Gasteiger partial charge < -0.3 is 16.2 Å². The van der Waals surface area contributed by atoms with Crippen LogP contribution in [0.3, 0.4) is 0 Å². The second-order valence-electron chi connectivity index (χ2n) is 5.22. The molecular formula is C13H20N4O3. The first kappa shape index (κ1) is 15.9. The predicted molar refractivity (Wildman–Crippen MR) is 74.5 cm³/mol. The molecule has 1 heterocycles. The van der Waals surface area contributed by atoms with Crippen LogP contribution in [0.15, 0.2) is 6.20 Å². The fourth-order valence-corrected chi connectivity index (χ4v) is 1.68. The van der Waals surface area contributed by atoms with Crippen molar-refractivity contribution in [2.45, 2.75) is 39.7 Å². The lowest BCUT2D eigenvalue weighted by molar-refractivity contribution is -0.119. The summed E-state index contributed by atoms with van der Waals surface area (Å²) in [7, 11) is 0. The van der Waals surface area contributed by atoms with E-state index in [1.54, 1.807) is 0 Å². The normalized spacial score (nSPS) is 12.5. The van der Waals surface area contributed by atoms with Gasteiger partial charge in [-0.3, -0.25) is 4.79 Å². The summed E-state index contributed by atoms with van der Waals surface area (Å²) in [6, 6.07) is -0.679. The molecule has 7 heteroatoms. The Hall–Kier alpha value is -2.18. The SMILES string of the molecule is CC(C)c1ncc(NC(C(N)=O)C(C)C)c(C(=O)O)n1. The number of anilines is 1. The number of carbonyl (C=O) groups is 2. The molecule has 0 aliphatic heterocycles. The monoisotopic (exact) mass is 280 g/mol. The molecule has 0 fully saturated rings. The minimum atomic E-state index is -1.18. The van der Waals surface area contributed by atoms with E-state index < -0.39 is 17.9 Å². The Kier molecular flexibility index (Phi) is 5.01. The van der Waals surface area contributed by atoms with Crippen molar-refractivity contribution in [3.63, 3.8) is 0 Å². The highest BCUT2D eigenvalue weighted by molar-refractivity contribution is 5.93. The van der Waals surface area contributed by atoms with Crippen molar-refractivity contribution in [2.75, 3.05) is 5.32 Å². The largest absolute Gasteiger partial charge is 0.476 e. The molecule has 1 aromatic heterocycles. The number of hydrogen-bond acceptors (Lipinski definition) is 5. The number of nitrogens with zero attached hydrogens (tertiary/aromatic N) is 2. The van der Waals surface area contributed by atoms with Crippen molar-refractivity contribution in [3.8, 4) is 0 Å². The maximum atomic E-state index is 11.4. The maximum Gasteiger partial charge on any atom is 0.356 e. The van der Waals surface area contributed by atoms with Gasteiger partial charge in [0.1, 0.15) is 11.9 Å². The number of carboxylic acid groups (broad SMARTS) is 1. The van der Waals surface area contributed by atoms with Crippen molar-refractivity contribution < 1.29 is 14.7 Å². The van der Waals surface area contributed by atoms with Crippen molar-refractivity contribution in [2.24, 2.45) is 11.7 Å². The molecule has 0 aromatic carbocycles. The molecule has 1 atom stereocenters. The molecule has 1 aromatic rings. The Morgan fingerprint density at radius 2 is 1.90 bits per heavy atom. The number of primary amides is 1. The molecule has 4 N–H and O–H groups in total. The molecule has 0 aliphatic carbocycles. The summed E-state index contributed by atoms with van der Waals surface area (Å²) in [6.45, 7) is 7.36. The van der Waals surface area contributed by atoms with Crippen LogP contribution >= 0.6 is 0 Å². The molecule has 1 unspecified atom stereocenters. The Balaban J connectivity index is 3.17. The zero-order valence-electron chi connectivity index (χ0n) is 12.0. The average Bonchev–Trinajstić information content (AvgIpc) is 2.34. The number of carboxylic acids is 1. The second kappa shape index (κ2) is 6.31. The zero-order valence-corrected chi connectivity index (χ0v) is 12.0. The van der Waals surface area contributed by atoms with E-state index in [2.05, 4.69) is 15.3 Å². The number of rotatable bonds is 6. The lowest BCUT2D eigenvalue weighted by Crippen LogP contribution is -2.40. The lowest BCUT2D eigenvalue weighted by atomic mass is 10.0. The van der Waals surface area contributed by atoms with Crippen molar-refractivity contribution >= 4 is 17.6 Å². The molecule has 1 amide bonds. The van der Waals surface area contributed by atoms with Crippen molar-refractivity contribution in [1.29, 1.82) is 0 Å². The van der Waals surface area contributed by atoms with Gasteiger partial charge in [-0.1, -0.05) is 27.7 Å². The molecule has 0 saturated carbocycles.